The number of hydrogen-bond donors (Lipinski definition) is 0. The maximum atomic E-state index is 13.0. The smallest absolute Gasteiger partial charge is 0.302 e. The van der Waals surface area contributed by atoms with Crippen LogP contribution in [0, 0.1) is 5.92 Å². The van der Waals surface area contributed by atoms with Crippen molar-refractivity contribution in [1.82, 2.24) is 4.47 Å². The van der Waals surface area contributed by atoms with Crippen molar-refractivity contribution in [3.63, 3.8) is 0 Å². The van der Waals surface area contributed by atoms with Crippen molar-refractivity contribution in [3.8, 4) is 0 Å². The summed E-state index contributed by atoms with van der Waals surface area (Å²) in [7, 11) is -5.42. The molecule has 1 aliphatic rings. The zero-order valence-corrected chi connectivity index (χ0v) is 20.1. The van der Waals surface area contributed by atoms with E-state index in [2.05, 4.69) is 35.6 Å². The molecule has 1 saturated heterocycles. The Kier molecular flexibility index (Phi) is 7.11. The Labute approximate surface area is 175 Å². The van der Waals surface area contributed by atoms with Gasteiger partial charge in [0.2, 0.25) is 0 Å². The quantitative estimate of drug-likeness (QED) is 0.427. The van der Waals surface area contributed by atoms with Gasteiger partial charge in [0.1, 0.15) is 11.9 Å². The van der Waals surface area contributed by atoms with E-state index in [-0.39, 0.29) is 13.2 Å². The fourth-order valence-corrected chi connectivity index (χ4v) is 6.39. The maximum Gasteiger partial charge on any atom is 0.302 e. The largest absolute Gasteiger partial charge is 0.461 e. The molecule has 0 N–H and O–H groups in total. The molecule has 10 heteroatoms. The van der Waals surface area contributed by atoms with E-state index in [0.29, 0.717) is 20.1 Å². The number of carbonyl (C=O) groups is 2. The minimum absolute atomic E-state index is 0.0893. The van der Waals surface area contributed by atoms with Crippen LogP contribution < -0.4 is 0 Å². The first-order chi connectivity index (χ1) is 12.8. The van der Waals surface area contributed by atoms with Gasteiger partial charge in [-0.25, -0.2) is 8.42 Å². The number of ether oxygens (including phenoxy) is 1. The van der Waals surface area contributed by atoms with Gasteiger partial charge < -0.3 is 4.74 Å². The number of carbonyl (C=O) groups excluding carboxylic acids is 2. The van der Waals surface area contributed by atoms with Crippen LogP contribution in [0.2, 0.25) is 25.7 Å². The number of rotatable bonds is 7. The molecule has 0 aliphatic carbocycles. The van der Waals surface area contributed by atoms with Crippen molar-refractivity contribution in [1.29, 1.82) is 0 Å². The van der Waals surface area contributed by atoms with Crippen molar-refractivity contribution >= 4 is 45.9 Å². The van der Waals surface area contributed by atoms with Gasteiger partial charge in [-0.1, -0.05) is 54.6 Å². The molecule has 1 heterocycles. The maximum absolute atomic E-state index is 13.0. The van der Waals surface area contributed by atoms with Crippen molar-refractivity contribution in [3.05, 3.63) is 33.8 Å². The van der Waals surface area contributed by atoms with E-state index in [0.717, 1.165) is 6.04 Å². The molecule has 2 rings (SSSR count). The summed E-state index contributed by atoms with van der Waals surface area (Å²) < 4.78 is 32.1. The summed E-state index contributed by atoms with van der Waals surface area (Å²) in [4.78, 5) is 29.0. The Balaban J connectivity index is 2.25. The van der Waals surface area contributed by atoms with Crippen LogP contribution in [0.3, 0.4) is 0 Å². The third-order valence-electron chi connectivity index (χ3n) is 4.45. The molecule has 7 nitrogen and oxygen atoms in total. The highest BCUT2D eigenvalue weighted by Gasteiger charge is 2.52. The summed E-state index contributed by atoms with van der Waals surface area (Å²) >= 11 is 3.39. The van der Waals surface area contributed by atoms with E-state index in [1.54, 1.807) is 25.1 Å². The standard InChI is InChI=1S/C18H26BrNO6SSi/c1-12-17(15-7-6-14(10-16(15)19)11-25-13(2)21)27(23,24)20(18(12)22)26-8-9-28(3,4)5/h6-7,10,12,17H,8-9,11H2,1-5H3. The lowest BCUT2D eigenvalue weighted by Gasteiger charge is -2.20. The zero-order valence-electron chi connectivity index (χ0n) is 16.7. The Bertz CT molecular complexity index is 867. The Morgan fingerprint density at radius 2 is 1.93 bits per heavy atom. The molecule has 28 heavy (non-hydrogen) atoms. The minimum Gasteiger partial charge on any atom is -0.461 e. The molecular formula is C18H26BrNO6SSi. The fourth-order valence-electron chi connectivity index (χ4n) is 2.86. The lowest BCUT2D eigenvalue weighted by Crippen LogP contribution is -2.33. The van der Waals surface area contributed by atoms with Gasteiger partial charge in [-0.3, -0.25) is 14.4 Å². The molecule has 0 bridgehead atoms. The number of esters is 1. The molecule has 1 fully saturated rings. The van der Waals surface area contributed by atoms with Crippen LogP contribution in [0.15, 0.2) is 22.7 Å². The summed E-state index contributed by atoms with van der Waals surface area (Å²) in [5.41, 5.74) is 1.19. The number of amides is 1. The van der Waals surface area contributed by atoms with Crippen LogP contribution in [0.25, 0.3) is 0 Å². The predicted octanol–water partition coefficient (Wildman–Crippen LogP) is 3.63. The molecule has 2 atom stereocenters. The second-order valence-electron chi connectivity index (χ2n) is 8.10. The van der Waals surface area contributed by atoms with Gasteiger partial charge in [-0.15, -0.1) is 4.47 Å². The van der Waals surface area contributed by atoms with Gasteiger partial charge in [0.05, 0.1) is 12.5 Å². The summed E-state index contributed by atoms with van der Waals surface area (Å²) in [6, 6.07) is 5.77. The third kappa shape index (κ3) is 5.22. The Morgan fingerprint density at radius 3 is 2.46 bits per heavy atom. The summed E-state index contributed by atoms with van der Waals surface area (Å²) in [5, 5.41) is -1.04. The first-order valence-electron chi connectivity index (χ1n) is 8.97. The van der Waals surface area contributed by atoms with Crippen molar-refractivity contribution in [2.75, 3.05) is 6.61 Å². The van der Waals surface area contributed by atoms with Crippen molar-refractivity contribution in [2.45, 2.75) is 51.4 Å². The van der Waals surface area contributed by atoms with E-state index in [1.165, 1.54) is 6.92 Å². The number of nitrogens with zero attached hydrogens (tertiary/aromatic N) is 1. The van der Waals surface area contributed by atoms with E-state index in [9.17, 15) is 18.0 Å². The topological polar surface area (TPSA) is 90.0 Å². The number of hydroxylamine groups is 1. The molecule has 0 saturated carbocycles. The molecule has 0 spiro atoms. The second kappa shape index (κ2) is 8.64. The van der Waals surface area contributed by atoms with Gasteiger partial charge >= 0.3 is 5.97 Å². The van der Waals surface area contributed by atoms with E-state index < -0.39 is 41.1 Å². The van der Waals surface area contributed by atoms with Crippen LogP contribution in [0.5, 0.6) is 0 Å². The molecule has 1 aromatic rings. The number of halogens is 1. The predicted molar refractivity (Wildman–Crippen MR) is 111 cm³/mol. The highest BCUT2D eigenvalue weighted by molar-refractivity contribution is 9.10. The van der Waals surface area contributed by atoms with Gasteiger partial charge in [0.15, 0.2) is 0 Å². The highest BCUT2D eigenvalue weighted by atomic mass is 79.9. The van der Waals surface area contributed by atoms with E-state index in [1.807, 2.05) is 0 Å². The average Bonchev–Trinajstić information content (AvgIpc) is 2.72. The molecular weight excluding hydrogens is 466 g/mol. The Morgan fingerprint density at radius 1 is 1.29 bits per heavy atom. The van der Waals surface area contributed by atoms with Crippen LogP contribution in [0.4, 0.5) is 0 Å². The van der Waals surface area contributed by atoms with Gasteiger partial charge in [0.25, 0.3) is 15.9 Å². The summed E-state index contributed by atoms with van der Waals surface area (Å²) in [6.07, 6.45) is 0. The molecule has 0 aromatic heterocycles. The van der Waals surface area contributed by atoms with Crippen molar-refractivity contribution < 1.29 is 27.6 Å². The van der Waals surface area contributed by atoms with Gasteiger partial charge in [-0.05, 0) is 23.2 Å². The average molecular weight is 492 g/mol. The van der Waals surface area contributed by atoms with E-state index >= 15 is 0 Å². The minimum atomic E-state index is -4.00. The third-order valence-corrected chi connectivity index (χ3v) is 8.89. The number of benzene rings is 1. The van der Waals surface area contributed by atoms with Crippen molar-refractivity contribution in [2.24, 2.45) is 5.92 Å². The molecule has 156 valence electrons. The molecule has 0 radical (unpaired) electrons. The SMILES string of the molecule is CC(=O)OCc1ccc(C2C(C)C(=O)N(OCC[Si](C)(C)C)S2(=O)=O)c(Br)c1. The van der Waals surface area contributed by atoms with Crippen LogP contribution in [0.1, 0.15) is 30.2 Å². The fraction of sp³-hybridized carbons (Fsp3) is 0.556. The normalized spacial score (nSPS) is 21.8. The number of hydrogen-bond acceptors (Lipinski definition) is 6. The van der Waals surface area contributed by atoms with Gasteiger partial charge in [-0.2, -0.15) is 0 Å². The van der Waals surface area contributed by atoms with Crippen LogP contribution in [-0.4, -0.2) is 39.4 Å². The summed E-state index contributed by atoms with van der Waals surface area (Å²) in [5.74, 6) is -1.73. The van der Waals surface area contributed by atoms with Crippen LogP contribution in [-0.2, 0) is 35.8 Å². The van der Waals surface area contributed by atoms with Gasteiger partial charge in [0, 0.05) is 19.5 Å². The van der Waals surface area contributed by atoms with Crippen LogP contribution >= 0.6 is 15.9 Å². The van der Waals surface area contributed by atoms with E-state index in [4.69, 9.17) is 9.57 Å². The summed E-state index contributed by atoms with van der Waals surface area (Å²) in [6.45, 7) is 9.64. The first kappa shape index (κ1) is 23.0. The number of sulfonamides is 1. The Hall–Kier alpha value is -1.23. The lowest BCUT2D eigenvalue weighted by molar-refractivity contribution is -0.157. The highest BCUT2D eigenvalue weighted by Crippen LogP contribution is 2.43. The zero-order chi connectivity index (χ0) is 21.3. The monoisotopic (exact) mass is 491 g/mol. The first-order valence-corrected chi connectivity index (χ1v) is 15.0. The lowest BCUT2D eigenvalue weighted by atomic mass is 9.99. The molecule has 2 unspecified atom stereocenters. The molecule has 1 aliphatic heterocycles. The second-order valence-corrected chi connectivity index (χ2v) is 16.4. The molecule has 1 amide bonds. The molecule has 1 aromatic carbocycles.